The van der Waals surface area contributed by atoms with Gasteiger partial charge in [0.05, 0.1) is 11.6 Å². The highest BCUT2D eigenvalue weighted by Crippen LogP contribution is 2.22. The molecule has 2 atom stereocenters. The Morgan fingerprint density at radius 1 is 1.47 bits per heavy atom. The average molecular weight is 266 g/mol. The summed E-state index contributed by atoms with van der Waals surface area (Å²) in [5, 5.41) is 14.6. The topological polar surface area (TPSA) is 78.4 Å². The van der Waals surface area contributed by atoms with Crippen molar-refractivity contribution >= 4 is 17.6 Å². The summed E-state index contributed by atoms with van der Waals surface area (Å²) in [6.45, 7) is 2.63. The number of nitrogens with one attached hydrogen (secondary N) is 2. The second-order valence-corrected chi connectivity index (χ2v) is 4.59. The molecule has 2 unspecified atom stereocenters. The summed E-state index contributed by atoms with van der Waals surface area (Å²) in [5.74, 6) is -2.77. The monoisotopic (exact) mass is 266 g/mol. The van der Waals surface area contributed by atoms with Crippen LogP contribution in [0.25, 0.3) is 0 Å². The Morgan fingerprint density at radius 3 is 2.79 bits per heavy atom. The van der Waals surface area contributed by atoms with Crippen molar-refractivity contribution in [3.8, 4) is 0 Å². The number of rotatable bonds is 3. The van der Waals surface area contributed by atoms with Gasteiger partial charge in [-0.05, 0) is 32.0 Å². The van der Waals surface area contributed by atoms with E-state index in [1.807, 2.05) is 6.92 Å². The smallest absolute Gasteiger partial charge is 0.340 e. The van der Waals surface area contributed by atoms with Crippen molar-refractivity contribution in [1.82, 2.24) is 5.32 Å². The lowest BCUT2D eigenvalue weighted by molar-refractivity contribution is -0.120. The molecule has 1 fully saturated rings. The number of hydrogen-bond donors (Lipinski definition) is 3. The zero-order valence-electron chi connectivity index (χ0n) is 10.4. The molecule has 1 aromatic rings. The van der Waals surface area contributed by atoms with Gasteiger partial charge in [0.2, 0.25) is 5.91 Å². The SMILES string of the molecule is CC1NCCC1C(=O)Nc1cccc(F)c1C(=O)O. The molecular formula is C13H15FN2O3. The fraction of sp³-hybridized carbons (Fsp3) is 0.385. The van der Waals surface area contributed by atoms with E-state index in [2.05, 4.69) is 10.6 Å². The van der Waals surface area contributed by atoms with Crippen LogP contribution in [0.5, 0.6) is 0 Å². The first-order valence-corrected chi connectivity index (χ1v) is 6.06. The number of hydrogen-bond acceptors (Lipinski definition) is 3. The third-order valence-corrected chi connectivity index (χ3v) is 3.35. The summed E-state index contributed by atoms with van der Waals surface area (Å²) in [5.41, 5.74) is -0.508. The molecule has 102 valence electrons. The van der Waals surface area contributed by atoms with Crippen LogP contribution >= 0.6 is 0 Å². The maximum absolute atomic E-state index is 13.5. The Balaban J connectivity index is 2.21. The van der Waals surface area contributed by atoms with Crippen LogP contribution in [-0.4, -0.2) is 29.6 Å². The maximum atomic E-state index is 13.5. The highest BCUT2D eigenvalue weighted by molar-refractivity contribution is 6.01. The van der Waals surface area contributed by atoms with Crippen LogP contribution in [0.15, 0.2) is 18.2 Å². The van der Waals surface area contributed by atoms with Gasteiger partial charge in [-0.25, -0.2) is 9.18 Å². The van der Waals surface area contributed by atoms with E-state index in [0.717, 1.165) is 12.6 Å². The molecular weight excluding hydrogens is 251 g/mol. The van der Waals surface area contributed by atoms with Crippen molar-refractivity contribution in [2.45, 2.75) is 19.4 Å². The van der Waals surface area contributed by atoms with E-state index in [4.69, 9.17) is 5.11 Å². The highest BCUT2D eigenvalue weighted by atomic mass is 19.1. The number of carboxylic acids is 1. The number of aromatic carboxylic acids is 1. The van der Waals surface area contributed by atoms with Gasteiger partial charge in [0, 0.05) is 6.04 Å². The second-order valence-electron chi connectivity index (χ2n) is 4.59. The van der Waals surface area contributed by atoms with Gasteiger partial charge in [0.25, 0.3) is 0 Å². The number of carbonyl (C=O) groups excluding carboxylic acids is 1. The van der Waals surface area contributed by atoms with Gasteiger partial charge in [0.1, 0.15) is 11.4 Å². The number of benzene rings is 1. The molecule has 1 heterocycles. The predicted octanol–water partition coefficient (Wildman–Crippen LogP) is 1.46. The molecule has 0 bridgehead atoms. The van der Waals surface area contributed by atoms with Gasteiger partial charge in [-0.1, -0.05) is 6.07 Å². The quantitative estimate of drug-likeness (QED) is 0.774. The van der Waals surface area contributed by atoms with E-state index >= 15 is 0 Å². The molecule has 5 nitrogen and oxygen atoms in total. The van der Waals surface area contributed by atoms with Crippen molar-refractivity contribution < 1.29 is 19.1 Å². The summed E-state index contributed by atoms with van der Waals surface area (Å²) >= 11 is 0. The van der Waals surface area contributed by atoms with Gasteiger partial charge in [-0.2, -0.15) is 0 Å². The minimum atomic E-state index is -1.40. The van der Waals surface area contributed by atoms with E-state index in [0.29, 0.717) is 6.42 Å². The molecule has 6 heteroatoms. The van der Waals surface area contributed by atoms with E-state index in [1.54, 1.807) is 0 Å². The first kappa shape index (κ1) is 13.5. The minimum absolute atomic E-state index is 0.00315. The normalized spacial score (nSPS) is 22.2. The first-order chi connectivity index (χ1) is 9.00. The van der Waals surface area contributed by atoms with Crippen molar-refractivity contribution in [1.29, 1.82) is 0 Å². The second kappa shape index (κ2) is 5.36. The Kier molecular flexibility index (Phi) is 3.80. The molecule has 1 aliphatic rings. The molecule has 19 heavy (non-hydrogen) atoms. The first-order valence-electron chi connectivity index (χ1n) is 6.06. The zero-order chi connectivity index (χ0) is 14.0. The third-order valence-electron chi connectivity index (χ3n) is 3.35. The molecule has 1 amide bonds. The molecule has 3 N–H and O–H groups in total. The van der Waals surface area contributed by atoms with Crippen molar-refractivity contribution in [2.75, 3.05) is 11.9 Å². The Hall–Kier alpha value is -1.95. The lowest BCUT2D eigenvalue weighted by atomic mass is 10.0. The molecule has 0 radical (unpaired) electrons. The lowest BCUT2D eigenvalue weighted by Gasteiger charge is -2.16. The van der Waals surface area contributed by atoms with Crippen LogP contribution in [0, 0.1) is 11.7 Å². The standard InChI is InChI=1S/C13H15FN2O3/c1-7-8(5-6-15-7)12(17)16-10-4-2-3-9(14)11(10)13(18)19/h2-4,7-8,15H,5-6H2,1H3,(H,16,17)(H,18,19). The molecule has 0 aliphatic carbocycles. The van der Waals surface area contributed by atoms with Crippen LogP contribution in [-0.2, 0) is 4.79 Å². The maximum Gasteiger partial charge on any atom is 0.340 e. The number of halogens is 1. The zero-order valence-corrected chi connectivity index (χ0v) is 10.4. The molecule has 1 aliphatic heterocycles. The molecule has 0 saturated carbocycles. The Morgan fingerprint density at radius 2 is 2.21 bits per heavy atom. The Labute approximate surface area is 109 Å². The van der Waals surface area contributed by atoms with Crippen LogP contribution in [0.1, 0.15) is 23.7 Å². The van der Waals surface area contributed by atoms with Crippen molar-refractivity contribution in [2.24, 2.45) is 5.92 Å². The fourth-order valence-electron chi connectivity index (χ4n) is 2.29. The van der Waals surface area contributed by atoms with E-state index in [1.165, 1.54) is 12.1 Å². The molecule has 1 saturated heterocycles. The van der Waals surface area contributed by atoms with Crippen LogP contribution in [0.3, 0.4) is 0 Å². The van der Waals surface area contributed by atoms with Crippen molar-refractivity contribution in [3.05, 3.63) is 29.6 Å². The number of amides is 1. The molecule has 0 spiro atoms. The van der Waals surface area contributed by atoms with E-state index < -0.39 is 17.3 Å². The van der Waals surface area contributed by atoms with Gasteiger partial charge in [0.15, 0.2) is 0 Å². The molecule has 1 aromatic carbocycles. The minimum Gasteiger partial charge on any atom is -0.478 e. The highest BCUT2D eigenvalue weighted by Gasteiger charge is 2.30. The number of carbonyl (C=O) groups is 2. The average Bonchev–Trinajstić information content (AvgIpc) is 2.75. The lowest BCUT2D eigenvalue weighted by Crippen LogP contribution is -2.32. The third kappa shape index (κ3) is 2.73. The molecule has 2 rings (SSSR count). The van der Waals surface area contributed by atoms with Crippen LogP contribution < -0.4 is 10.6 Å². The summed E-state index contributed by atoms with van der Waals surface area (Å²) in [7, 11) is 0. The Bertz CT molecular complexity index is 519. The fourth-order valence-corrected chi connectivity index (χ4v) is 2.29. The summed E-state index contributed by atoms with van der Waals surface area (Å²) in [4.78, 5) is 23.1. The largest absolute Gasteiger partial charge is 0.478 e. The van der Waals surface area contributed by atoms with Crippen LogP contribution in [0.2, 0.25) is 0 Å². The van der Waals surface area contributed by atoms with Crippen LogP contribution in [0.4, 0.5) is 10.1 Å². The number of anilines is 1. The van der Waals surface area contributed by atoms with E-state index in [-0.39, 0.29) is 23.6 Å². The summed E-state index contributed by atoms with van der Waals surface area (Å²) < 4.78 is 13.5. The summed E-state index contributed by atoms with van der Waals surface area (Å²) in [6, 6.07) is 3.84. The van der Waals surface area contributed by atoms with E-state index in [9.17, 15) is 14.0 Å². The molecule has 0 aromatic heterocycles. The van der Waals surface area contributed by atoms with Gasteiger partial charge >= 0.3 is 5.97 Å². The van der Waals surface area contributed by atoms with Gasteiger partial charge in [-0.3, -0.25) is 4.79 Å². The van der Waals surface area contributed by atoms with Gasteiger partial charge in [-0.15, -0.1) is 0 Å². The number of carboxylic acid groups (broad SMARTS) is 1. The van der Waals surface area contributed by atoms with Gasteiger partial charge < -0.3 is 15.7 Å². The predicted molar refractivity (Wildman–Crippen MR) is 67.6 cm³/mol. The van der Waals surface area contributed by atoms with Crippen molar-refractivity contribution in [3.63, 3.8) is 0 Å². The summed E-state index contributed by atoms with van der Waals surface area (Å²) in [6.07, 6.45) is 0.685.